The Morgan fingerprint density at radius 3 is 2.36 bits per heavy atom. The van der Waals surface area contributed by atoms with Gasteiger partial charge in [0.25, 0.3) is 5.91 Å². The first-order valence-electron chi connectivity index (χ1n) is 14.5. The molecule has 4 aromatic rings. The third kappa shape index (κ3) is 6.83. The van der Waals surface area contributed by atoms with E-state index in [1.807, 2.05) is 93.6 Å². The summed E-state index contributed by atoms with van der Waals surface area (Å²) in [5.74, 6) is -0.861. The number of carbonyl (C=O) groups excluding carboxylic acids is 2. The lowest BCUT2D eigenvalue weighted by molar-refractivity contribution is -0.147. The molecule has 3 N–H and O–H groups in total. The fraction of sp³-hybridized carbons (Fsp3) is 0.294. The van der Waals surface area contributed by atoms with Gasteiger partial charge in [-0.15, -0.1) is 11.8 Å². The van der Waals surface area contributed by atoms with Crippen molar-refractivity contribution in [1.29, 1.82) is 0 Å². The molecular formula is C34H37N3O5S2. The fourth-order valence-corrected chi connectivity index (χ4v) is 8.23. The predicted octanol–water partition coefficient (Wildman–Crippen LogP) is 4.40. The van der Waals surface area contributed by atoms with Gasteiger partial charge in [-0.25, -0.2) is 13.1 Å². The summed E-state index contributed by atoms with van der Waals surface area (Å²) in [6.45, 7) is 6.05. The second-order valence-electron chi connectivity index (χ2n) is 11.6. The van der Waals surface area contributed by atoms with Gasteiger partial charge in [-0.1, -0.05) is 91.0 Å². The number of nitrogens with one attached hydrogen (secondary N) is 2. The third-order valence-corrected chi connectivity index (χ3v) is 11.0. The monoisotopic (exact) mass is 631 g/mol. The first-order valence-corrected chi connectivity index (χ1v) is 16.9. The van der Waals surface area contributed by atoms with Crippen molar-refractivity contribution in [2.45, 2.75) is 61.6 Å². The molecule has 10 heteroatoms. The fourth-order valence-electron chi connectivity index (χ4n) is 5.62. The van der Waals surface area contributed by atoms with E-state index in [1.54, 1.807) is 18.2 Å². The molecule has 44 heavy (non-hydrogen) atoms. The van der Waals surface area contributed by atoms with Crippen LogP contribution in [-0.4, -0.2) is 59.1 Å². The number of sulfonamides is 1. The molecule has 0 radical (unpaired) electrons. The van der Waals surface area contributed by atoms with E-state index in [9.17, 15) is 23.1 Å². The number of hydrogen-bond donors (Lipinski definition) is 3. The molecule has 8 nitrogen and oxygen atoms in total. The summed E-state index contributed by atoms with van der Waals surface area (Å²) in [5.41, 5.74) is 2.75. The third-order valence-electron chi connectivity index (χ3n) is 8.07. The zero-order valence-corrected chi connectivity index (χ0v) is 26.6. The lowest BCUT2D eigenvalue weighted by Crippen LogP contribution is -2.58. The Bertz CT molecular complexity index is 1760. The van der Waals surface area contributed by atoms with E-state index in [0.29, 0.717) is 11.9 Å². The van der Waals surface area contributed by atoms with E-state index in [1.165, 1.54) is 22.7 Å². The van der Waals surface area contributed by atoms with Crippen LogP contribution in [-0.2, 0) is 32.6 Å². The van der Waals surface area contributed by atoms with Crippen LogP contribution in [0.2, 0.25) is 0 Å². The van der Waals surface area contributed by atoms with Crippen molar-refractivity contribution >= 4 is 44.4 Å². The van der Waals surface area contributed by atoms with Crippen LogP contribution in [0.15, 0.2) is 102 Å². The van der Waals surface area contributed by atoms with Crippen molar-refractivity contribution in [2.24, 2.45) is 0 Å². The highest BCUT2D eigenvalue weighted by molar-refractivity contribution is 8.00. The number of carbonyl (C=O) groups is 2. The average Bonchev–Trinajstić information content (AvgIpc) is 3.34. The molecule has 0 bridgehead atoms. The van der Waals surface area contributed by atoms with Crippen LogP contribution in [0, 0.1) is 6.92 Å². The molecule has 230 valence electrons. The Morgan fingerprint density at radius 1 is 0.955 bits per heavy atom. The summed E-state index contributed by atoms with van der Waals surface area (Å²) in [6, 6.07) is 26.9. The topological polar surface area (TPSA) is 116 Å². The molecule has 1 aliphatic rings. The van der Waals surface area contributed by atoms with Crippen molar-refractivity contribution in [2.75, 3.05) is 5.88 Å². The minimum absolute atomic E-state index is 0.0552. The minimum Gasteiger partial charge on any atom is -0.382 e. The number of aryl methyl sites for hydroxylation is 1. The van der Waals surface area contributed by atoms with Crippen molar-refractivity contribution < 1.29 is 23.1 Å². The van der Waals surface area contributed by atoms with E-state index < -0.39 is 38.9 Å². The van der Waals surface area contributed by atoms with E-state index in [4.69, 9.17) is 0 Å². The molecule has 3 unspecified atom stereocenters. The molecule has 0 aromatic heterocycles. The van der Waals surface area contributed by atoms with E-state index in [0.717, 1.165) is 22.1 Å². The molecule has 1 saturated heterocycles. The summed E-state index contributed by atoms with van der Waals surface area (Å²) in [6.07, 6.45) is -1.69. The highest BCUT2D eigenvalue weighted by Gasteiger charge is 2.50. The number of aliphatic hydroxyl groups is 1. The van der Waals surface area contributed by atoms with Gasteiger partial charge < -0.3 is 15.3 Å². The number of nitrogens with zero attached hydrogens (tertiary/aromatic N) is 1. The van der Waals surface area contributed by atoms with Crippen molar-refractivity contribution in [3.8, 4) is 0 Å². The molecule has 1 heterocycles. The summed E-state index contributed by atoms with van der Waals surface area (Å²) in [4.78, 5) is 29.0. The van der Waals surface area contributed by atoms with Gasteiger partial charge in [0.05, 0.1) is 16.8 Å². The zero-order valence-electron chi connectivity index (χ0n) is 24.9. The van der Waals surface area contributed by atoms with E-state index in [-0.39, 0.29) is 23.1 Å². The van der Waals surface area contributed by atoms with Gasteiger partial charge in [-0.3, -0.25) is 9.59 Å². The molecule has 2 amide bonds. The van der Waals surface area contributed by atoms with Crippen molar-refractivity contribution in [3.05, 3.63) is 114 Å². The Labute approximate surface area is 262 Å². The summed E-state index contributed by atoms with van der Waals surface area (Å²) >= 11 is 1.44. The second-order valence-corrected chi connectivity index (χ2v) is 14.9. The SMILES string of the molecule is Cc1ccccc1CNC(=O)C1N(C(=O)C(O)C(Cc2ccccc2)NS(=O)(=O)c2cccc3ccccc23)CSC1(C)C. The van der Waals surface area contributed by atoms with E-state index in [2.05, 4.69) is 10.0 Å². The smallest absolute Gasteiger partial charge is 0.254 e. The van der Waals surface area contributed by atoms with Crippen molar-refractivity contribution in [3.63, 3.8) is 0 Å². The Kier molecular flexibility index (Phi) is 9.45. The zero-order chi connectivity index (χ0) is 31.5. The normalized spacial score (nSPS) is 17.7. The van der Waals surface area contributed by atoms with Gasteiger partial charge >= 0.3 is 0 Å². The molecular weight excluding hydrogens is 595 g/mol. The largest absolute Gasteiger partial charge is 0.382 e. The number of thioether (sulfide) groups is 1. The molecule has 3 atom stereocenters. The highest BCUT2D eigenvalue weighted by atomic mass is 32.2. The summed E-state index contributed by atoms with van der Waals surface area (Å²) < 4.78 is 29.6. The lowest BCUT2D eigenvalue weighted by Gasteiger charge is -2.33. The summed E-state index contributed by atoms with van der Waals surface area (Å²) in [7, 11) is -4.17. The number of aliphatic hydroxyl groups excluding tert-OH is 1. The van der Waals surface area contributed by atoms with Crippen LogP contribution < -0.4 is 10.0 Å². The molecule has 1 fully saturated rings. The van der Waals surface area contributed by atoms with E-state index >= 15 is 0 Å². The number of hydrogen-bond acceptors (Lipinski definition) is 6. The molecule has 0 saturated carbocycles. The van der Waals surface area contributed by atoms with Gasteiger partial charge in [0.2, 0.25) is 15.9 Å². The minimum atomic E-state index is -4.17. The first kappa shape index (κ1) is 31.7. The van der Waals surface area contributed by atoms with Gasteiger partial charge in [0.1, 0.15) is 12.1 Å². The molecule has 0 aliphatic carbocycles. The number of amides is 2. The quantitative estimate of drug-likeness (QED) is 0.239. The summed E-state index contributed by atoms with van der Waals surface area (Å²) in [5, 5.41) is 15.8. The Morgan fingerprint density at radius 2 is 1.61 bits per heavy atom. The number of rotatable bonds is 10. The first-order chi connectivity index (χ1) is 21.0. The van der Waals surface area contributed by atoms with Crippen molar-refractivity contribution in [1.82, 2.24) is 14.9 Å². The predicted molar refractivity (Wildman–Crippen MR) is 174 cm³/mol. The van der Waals surface area contributed by atoms with Gasteiger partial charge in [-0.05, 0) is 55.3 Å². The molecule has 1 aliphatic heterocycles. The van der Waals surface area contributed by atoms with Gasteiger partial charge in [0.15, 0.2) is 0 Å². The standard InChI is InChI=1S/C34H37N3O5S2/c1-23-12-7-8-16-26(23)21-35-32(39)31-34(2,3)43-22-37(31)33(40)30(38)28(20-24-13-5-4-6-14-24)36-44(41,42)29-19-11-17-25-15-9-10-18-27(25)29/h4-19,28,30-31,36,38H,20-22H2,1-3H3,(H,35,39). The maximum Gasteiger partial charge on any atom is 0.254 e. The molecule has 5 rings (SSSR count). The second kappa shape index (κ2) is 13.1. The maximum absolute atomic E-state index is 14.0. The lowest BCUT2D eigenvalue weighted by atomic mass is 9.97. The number of fused-ring (bicyclic) bond motifs is 1. The van der Waals surface area contributed by atoms with Crippen LogP contribution in [0.3, 0.4) is 0 Å². The van der Waals surface area contributed by atoms with Gasteiger partial charge in [-0.2, -0.15) is 0 Å². The van der Waals surface area contributed by atoms with Crippen LogP contribution in [0.1, 0.15) is 30.5 Å². The van der Waals surface area contributed by atoms with Crippen LogP contribution >= 0.6 is 11.8 Å². The number of benzene rings is 4. The molecule has 4 aromatic carbocycles. The Hall–Kier alpha value is -3.70. The van der Waals surface area contributed by atoms with Crippen LogP contribution in [0.4, 0.5) is 0 Å². The van der Waals surface area contributed by atoms with Gasteiger partial charge in [0, 0.05) is 16.7 Å². The maximum atomic E-state index is 14.0. The van der Waals surface area contributed by atoms with Crippen LogP contribution in [0.5, 0.6) is 0 Å². The highest BCUT2D eigenvalue weighted by Crippen LogP contribution is 2.40. The van der Waals surface area contributed by atoms with Crippen LogP contribution in [0.25, 0.3) is 10.8 Å². The average molecular weight is 632 g/mol. The Balaban J connectivity index is 1.42. The molecule has 0 spiro atoms.